The van der Waals surface area contributed by atoms with E-state index < -0.39 is 5.82 Å². The molecule has 0 bridgehead atoms. The smallest absolute Gasteiger partial charge is 0.173 e. The van der Waals surface area contributed by atoms with Crippen molar-refractivity contribution in [3.8, 4) is 5.75 Å². The normalized spacial score (nSPS) is 16.7. The molecule has 0 radical (unpaired) electrons. The van der Waals surface area contributed by atoms with Crippen LogP contribution in [0.4, 0.5) is 4.39 Å². The molecule has 2 N–H and O–H groups in total. The number of rotatable bonds is 7. The van der Waals surface area contributed by atoms with Gasteiger partial charge in [-0.3, -0.25) is 4.90 Å². The second kappa shape index (κ2) is 10.3. The quantitative estimate of drug-likeness (QED) is 0.778. The Bertz CT molecular complexity index is 462. The SMILES string of the molecule is CCOc1c(F)cc([C@@H](CCCO)N2CCNCC2)cc1Cl.Cl. The Morgan fingerprint density at radius 1 is 1.39 bits per heavy atom. The van der Waals surface area contributed by atoms with Crippen molar-refractivity contribution in [2.24, 2.45) is 0 Å². The van der Waals surface area contributed by atoms with Crippen LogP contribution in [-0.4, -0.2) is 49.4 Å². The van der Waals surface area contributed by atoms with Crippen LogP contribution in [0.3, 0.4) is 0 Å². The molecule has 0 aliphatic carbocycles. The van der Waals surface area contributed by atoms with Crippen molar-refractivity contribution >= 4 is 24.0 Å². The maximum Gasteiger partial charge on any atom is 0.173 e. The summed E-state index contributed by atoms with van der Waals surface area (Å²) in [5.41, 5.74) is 0.848. The van der Waals surface area contributed by atoms with Crippen molar-refractivity contribution in [1.29, 1.82) is 0 Å². The van der Waals surface area contributed by atoms with Gasteiger partial charge in [-0.2, -0.15) is 0 Å². The summed E-state index contributed by atoms with van der Waals surface area (Å²) in [5.74, 6) is -0.303. The fourth-order valence-electron chi connectivity index (χ4n) is 2.89. The van der Waals surface area contributed by atoms with Gasteiger partial charge >= 0.3 is 0 Å². The second-order valence-electron chi connectivity index (χ2n) is 5.41. The predicted molar refractivity (Wildman–Crippen MR) is 93.3 cm³/mol. The molecule has 2 rings (SSSR count). The molecule has 0 saturated carbocycles. The Labute approximate surface area is 148 Å². The third-order valence-corrected chi connectivity index (χ3v) is 4.20. The second-order valence-corrected chi connectivity index (χ2v) is 5.82. The summed E-state index contributed by atoms with van der Waals surface area (Å²) in [4.78, 5) is 2.32. The molecular formula is C16H25Cl2FN2O2. The average molecular weight is 367 g/mol. The molecule has 1 atom stereocenters. The summed E-state index contributed by atoms with van der Waals surface area (Å²) in [5, 5.41) is 12.8. The van der Waals surface area contributed by atoms with Crippen molar-refractivity contribution in [1.82, 2.24) is 10.2 Å². The lowest BCUT2D eigenvalue weighted by molar-refractivity contribution is 0.154. The molecule has 1 heterocycles. The first-order valence-corrected chi connectivity index (χ1v) is 8.22. The lowest BCUT2D eigenvalue weighted by atomic mass is 9.99. The molecule has 0 aromatic heterocycles. The van der Waals surface area contributed by atoms with Crippen molar-refractivity contribution < 1.29 is 14.2 Å². The highest BCUT2D eigenvalue weighted by Gasteiger charge is 2.24. The predicted octanol–water partition coefficient (Wildman–Crippen LogP) is 3.02. The number of hydrogen-bond acceptors (Lipinski definition) is 4. The van der Waals surface area contributed by atoms with Gasteiger partial charge in [-0.05, 0) is 37.5 Å². The van der Waals surface area contributed by atoms with Crippen LogP contribution in [0.25, 0.3) is 0 Å². The summed E-state index contributed by atoms with van der Waals surface area (Å²) >= 11 is 6.19. The van der Waals surface area contributed by atoms with Gasteiger partial charge in [-0.25, -0.2) is 4.39 Å². The van der Waals surface area contributed by atoms with E-state index in [1.165, 1.54) is 6.07 Å². The highest BCUT2D eigenvalue weighted by atomic mass is 35.5. The molecule has 7 heteroatoms. The minimum Gasteiger partial charge on any atom is -0.489 e. The Morgan fingerprint density at radius 2 is 2.09 bits per heavy atom. The number of nitrogens with zero attached hydrogens (tertiary/aromatic N) is 1. The fourth-order valence-corrected chi connectivity index (χ4v) is 3.16. The number of halogens is 3. The molecule has 23 heavy (non-hydrogen) atoms. The Balaban J connectivity index is 0.00000264. The number of hydrogen-bond donors (Lipinski definition) is 2. The minimum atomic E-state index is -0.423. The number of aliphatic hydroxyl groups excluding tert-OH is 1. The Hall–Kier alpha value is -0.590. The maximum atomic E-state index is 14.3. The summed E-state index contributed by atoms with van der Waals surface area (Å²) < 4.78 is 19.5. The van der Waals surface area contributed by atoms with Gasteiger partial charge in [0.25, 0.3) is 0 Å². The first-order valence-electron chi connectivity index (χ1n) is 7.84. The molecule has 132 valence electrons. The van der Waals surface area contributed by atoms with E-state index in [1.54, 1.807) is 13.0 Å². The van der Waals surface area contributed by atoms with Crippen molar-refractivity contribution in [2.45, 2.75) is 25.8 Å². The molecule has 0 spiro atoms. The molecule has 1 aromatic rings. The van der Waals surface area contributed by atoms with Crippen molar-refractivity contribution in [3.05, 3.63) is 28.5 Å². The number of piperazine rings is 1. The molecule has 4 nitrogen and oxygen atoms in total. The molecular weight excluding hydrogens is 342 g/mol. The van der Waals surface area contributed by atoms with Gasteiger partial charge in [-0.15, -0.1) is 12.4 Å². The van der Waals surface area contributed by atoms with Gasteiger partial charge in [0.1, 0.15) is 0 Å². The zero-order valence-electron chi connectivity index (χ0n) is 13.4. The van der Waals surface area contributed by atoms with E-state index in [2.05, 4.69) is 10.2 Å². The molecule has 1 aromatic carbocycles. The lowest BCUT2D eigenvalue weighted by Crippen LogP contribution is -2.45. The van der Waals surface area contributed by atoms with Crippen molar-refractivity contribution in [2.75, 3.05) is 39.4 Å². The highest BCUT2D eigenvalue weighted by Crippen LogP contribution is 2.35. The largest absolute Gasteiger partial charge is 0.489 e. The van der Waals surface area contributed by atoms with Crippen LogP contribution in [0, 0.1) is 5.82 Å². The first-order chi connectivity index (χ1) is 10.7. The van der Waals surface area contributed by atoms with E-state index in [1.807, 2.05) is 0 Å². The molecule has 0 amide bonds. The number of nitrogens with one attached hydrogen (secondary N) is 1. The summed E-state index contributed by atoms with van der Waals surface area (Å²) in [6.45, 7) is 5.96. The van der Waals surface area contributed by atoms with Gasteiger partial charge in [0.05, 0.1) is 11.6 Å². The molecule has 1 fully saturated rings. The van der Waals surface area contributed by atoms with E-state index in [0.717, 1.165) is 38.2 Å². The highest BCUT2D eigenvalue weighted by molar-refractivity contribution is 6.32. The van der Waals surface area contributed by atoms with E-state index in [-0.39, 0.29) is 30.8 Å². The topological polar surface area (TPSA) is 44.7 Å². The van der Waals surface area contributed by atoms with Crippen LogP contribution in [0.2, 0.25) is 5.02 Å². The standard InChI is InChI=1S/C16H24ClFN2O2.ClH/c1-2-22-16-13(17)10-12(11-14(16)18)15(4-3-9-21)20-7-5-19-6-8-20;/h10-11,15,19,21H,2-9H2,1H3;1H/t15-;/m1./s1. The third kappa shape index (κ3) is 5.47. The van der Waals surface area contributed by atoms with Crippen LogP contribution in [0.5, 0.6) is 5.75 Å². The fraction of sp³-hybridized carbons (Fsp3) is 0.625. The third-order valence-electron chi connectivity index (χ3n) is 3.92. The van der Waals surface area contributed by atoms with Crippen LogP contribution in [0.1, 0.15) is 31.4 Å². The van der Waals surface area contributed by atoms with E-state index in [9.17, 15) is 4.39 Å². The zero-order chi connectivity index (χ0) is 15.9. The van der Waals surface area contributed by atoms with E-state index in [4.69, 9.17) is 21.4 Å². The van der Waals surface area contributed by atoms with E-state index in [0.29, 0.717) is 18.1 Å². The number of ether oxygens (including phenoxy) is 1. The minimum absolute atomic E-state index is 0. The first kappa shape index (κ1) is 20.5. The monoisotopic (exact) mass is 366 g/mol. The number of aliphatic hydroxyl groups is 1. The van der Waals surface area contributed by atoms with Gasteiger partial charge in [0.15, 0.2) is 11.6 Å². The van der Waals surface area contributed by atoms with E-state index >= 15 is 0 Å². The summed E-state index contributed by atoms with van der Waals surface area (Å²) in [7, 11) is 0. The number of benzene rings is 1. The van der Waals surface area contributed by atoms with Crippen LogP contribution in [-0.2, 0) is 0 Å². The van der Waals surface area contributed by atoms with Crippen LogP contribution in [0.15, 0.2) is 12.1 Å². The average Bonchev–Trinajstić information content (AvgIpc) is 2.52. The van der Waals surface area contributed by atoms with Gasteiger partial charge in [0.2, 0.25) is 0 Å². The van der Waals surface area contributed by atoms with Gasteiger partial charge < -0.3 is 15.2 Å². The summed E-state index contributed by atoms with van der Waals surface area (Å²) in [6.07, 6.45) is 1.46. The molecule has 0 unspecified atom stereocenters. The lowest BCUT2D eigenvalue weighted by Gasteiger charge is -2.35. The van der Waals surface area contributed by atoms with Crippen molar-refractivity contribution in [3.63, 3.8) is 0 Å². The van der Waals surface area contributed by atoms with Gasteiger partial charge in [-0.1, -0.05) is 11.6 Å². The van der Waals surface area contributed by atoms with Crippen LogP contribution < -0.4 is 10.1 Å². The molecule has 1 aliphatic heterocycles. The van der Waals surface area contributed by atoms with Gasteiger partial charge in [0, 0.05) is 38.8 Å². The Morgan fingerprint density at radius 3 is 2.65 bits per heavy atom. The molecule has 1 aliphatic rings. The zero-order valence-corrected chi connectivity index (χ0v) is 14.9. The van der Waals surface area contributed by atoms with Crippen LogP contribution >= 0.6 is 24.0 Å². The summed E-state index contributed by atoms with van der Waals surface area (Å²) in [6, 6.07) is 3.37. The Kier molecular flexibility index (Phi) is 9.17. The molecule has 1 saturated heterocycles. The maximum absolute atomic E-state index is 14.3.